The Labute approximate surface area is 48.8 Å². The molecule has 0 bridgehead atoms. The fraction of sp³-hybridized carbons (Fsp3) is 0.250. The van der Waals surface area contributed by atoms with Crippen molar-refractivity contribution in [1.29, 1.82) is 0 Å². The Hall–Kier alpha value is -0.610. The minimum absolute atomic E-state index is 0.0787. The minimum atomic E-state index is -2.30. The molecule has 0 aromatic rings. The molecule has 0 heterocycles. The summed E-state index contributed by atoms with van der Waals surface area (Å²) in [7, 11) is -2.30. The molecule has 8 heavy (non-hydrogen) atoms. The summed E-state index contributed by atoms with van der Waals surface area (Å²) in [6.45, 7) is 2.69. The van der Waals surface area contributed by atoms with Crippen LogP contribution in [0.25, 0.3) is 0 Å². The predicted octanol–water partition coefficient (Wildman–Crippen LogP) is -0.784. The first kappa shape index (κ1) is 7.39. The predicted molar refractivity (Wildman–Crippen MR) is 31.2 cm³/mol. The first-order valence-corrected chi connectivity index (χ1v) is 2.98. The van der Waals surface area contributed by atoms with Crippen LogP contribution in [0.3, 0.4) is 0 Å². The lowest BCUT2D eigenvalue weighted by atomic mass is 10.5. The Balaban J connectivity index is 4.60. The molecule has 0 amide bonds. The standard InChI is InChI=1S/C4H6O3S/c1-2-4(3-5)8(6)7/h2,5H,1,3H2. The molecule has 46 valence electrons. The van der Waals surface area contributed by atoms with Gasteiger partial charge < -0.3 is 5.11 Å². The summed E-state index contributed by atoms with van der Waals surface area (Å²) in [6.07, 6.45) is 1.10. The van der Waals surface area contributed by atoms with E-state index in [4.69, 9.17) is 5.11 Å². The number of rotatable bonds is 2. The van der Waals surface area contributed by atoms with E-state index in [2.05, 4.69) is 6.58 Å². The molecule has 4 heteroatoms. The third-order valence-electron chi connectivity index (χ3n) is 0.598. The summed E-state index contributed by atoms with van der Waals surface area (Å²) >= 11 is 0. The van der Waals surface area contributed by atoms with Gasteiger partial charge in [0, 0.05) is 0 Å². The van der Waals surface area contributed by atoms with E-state index in [1.54, 1.807) is 0 Å². The van der Waals surface area contributed by atoms with Crippen molar-refractivity contribution in [3.63, 3.8) is 0 Å². The fourth-order valence-electron chi connectivity index (χ4n) is 0.185. The van der Waals surface area contributed by atoms with Crippen LogP contribution in [-0.2, 0) is 10.3 Å². The van der Waals surface area contributed by atoms with Crippen LogP contribution in [0.15, 0.2) is 12.7 Å². The number of hydrogen-bond acceptors (Lipinski definition) is 3. The molecule has 0 saturated heterocycles. The summed E-state index contributed by atoms with van der Waals surface area (Å²) in [5.41, 5.74) is 0. The number of hydrogen-bond donors (Lipinski definition) is 1. The van der Waals surface area contributed by atoms with Gasteiger partial charge in [-0.05, 0) is 6.08 Å². The van der Waals surface area contributed by atoms with Gasteiger partial charge in [0.25, 0.3) is 0 Å². The summed E-state index contributed by atoms with van der Waals surface area (Å²) in [5, 5.41) is 8.20. The summed E-state index contributed by atoms with van der Waals surface area (Å²) in [4.78, 5) is -0.0787. The van der Waals surface area contributed by atoms with Gasteiger partial charge in [0.1, 0.15) is 0 Å². The molecule has 0 aliphatic rings. The highest BCUT2D eigenvalue weighted by atomic mass is 32.2. The van der Waals surface area contributed by atoms with Gasteiger partial charge in [-0.2, -0.15) is 8.42 Å². The molecule has 0 aliphatic heterocycles. The van der Waals surface area contributed by atoms with E-state index in [0.717, 1.165) is 6.08 Å². The van der Waals surface area contributed by atoms with Crippen LogP contribution in [0, 0.1) is 0 Å². The molecule has 0 fully saturated rings. The number of aliphatic hydroxyl groups excluding tert-OH is 1. The summed E-state index contributed by atoms with van der Waals surface area (Å²) in [5.74, 6) is 0. The molecule has 0 rings (SSSR count). The molecule has 0 aromatic carbocycles. The molecule has 0 aromatic heterocycles. The molecular weight excluding hydrogens is 128 g/mol. The molecule has 0 unspecified atom stereocenters. The van der Waals surface area contributed by atoms with Crippen LogP contribution in [0.1, 0.15) is 0 Å². The largest absolute Gasteiger partial charge is 0.391 e. The van der Waals surface area contributed by atoms with E-state index in [1.807, 2.05) is 0 Å². The van der Waals surface area contributed by atoms with Crippen molar-refractivity contribution < 1.29 is 13.5 Å². The highest BCUT2D eigenvalue weighted by molar-refractivity contribution is 7.73. The van der Waals surface area contributed by atoms with Crippen molar-refractivity contribution in [2.24, 2.45) is 0 Å². The van der Waals surface area contributed by atoms with Crippen LogP contribution < -0.4 is 0 Å². The molecule has 3 nitrogen and oxygen atoms in total. The van der Waals surface area contributed by atoms with Gasteiger partial charge >= 0.3 is 0 Å². The lowest BCUT2D eigenvalue weighted by Gasteiger charge is -1.80. The normalized spacial score (nSPS) is 8.12. The van der Waals surface area contributed by atoms with Crippen molar-refractivity contribution in [3.05, 3.63) is 12.7 Å². The zero-order valence-electron chi connectivity index (χ0n) is 4.16. The number of aliphatic hydroxyl groups is 1. The van der Waals surface area contributed by atoms with Crippen molar-refractivity contribution in [3.8, 4) is 0 Å². The van der Waals surface area contributed by atoms with Crippen molar-refractivity contribution in [2.75, 3.05) is 6.61 Å². The fourth-order valence-corrected chi connectivity index (χ4v) is 0.427. The maximum absolute atomic E-state index is 9.89. The topological polar surface area (TPSA) is 54.4 Å². The SMILES string of the molecule is C=CC(CO)=S(=O)=O. The minimum Gasteiger partial charge on any atom is -0.391 e. The van der Waals surface area contributed by atoms with Gasteiger partial charge in [-0.25, -0.2) is 0 Å². The highest BCUT2D eigenvalue weighted by Crippen LogP contribution is 1.69. The van der Waals surface area contributed by atoms with Crippen molar-refractivity contribution in [1.82, 2.24) is 0 Å². The van der Waals surface area contributed by atoms with Gasteiger partial charge in [-0.15, -0.1) is 0 Å². The van der Waals surface area contributed by atoms with E-state index in [-0.39, 0.29) is 4.86 Å². The molecular formula is C4H6O3S. The van der Waals surface area contributed by atoms with E-state index in [1.165, 1.54) is 0 Å². The zero-order chi connectivity index (χ0) is 6.57. The molecule has 0 saturated carbocycles. The second kappa shape index (κ2) is 3.40. The Morgan fingerprint density at radius 3 is 2.25 bits per heavy atom. The van der Waals surface area contributed by atoms with Crippen LogP contribution >= 0.6 is 0 Å². The van der Waals surface area contributed by atoms with Gasteiger partial charge in [0.2, 0.25) is 10.3 Å². The maximum atomic E-state index is 9.89. The van der Waals surface area contributed by atoms with Crippen LogP contribution in [-0.4, -0.2) is 25.0 Å². The Kier molecular flexibility index (Phi) is 3.14. The molecule has 0 spiro atoms. The summed E-state index contributed by atoms with van der Waals surface area (Å²) < 4.78 is 19.8. The Morgan fingerprint density at radius 1 is 1.75 bits per heavy atom. The lowest BCUT2D eigenvalue weighted by Crippen LogP contribution is -1.99. The molecule has 0 atom stereocenters. The average molecular weight is 134 g/mol. The van der Waals surface area contributed by atoms with Crippen LogP contribution in [0.2, 0.25) is 0 Å². The van der Waals surface area contributed by atoms with E-state index >= 15 is 0 Å². The van der Waals surface area contributed by atoms with Gasteiger partial charge in [0.15, 0.2) is 0 Å². The van der Waals surface area contributed by atoms with Gasteiger partial charge in [-0.3, -0.25) is 0 Å². The molecule has 0 aliphatic carbocycles. The third kappa shape index (κ3) is 1.90. The molecule has 1 N–H and O–H groups in total. The highest BCUT2D eigenvalue weighted by Gasteiger charge is 1.87. The second-order valence-electron chi connectivity index (χ2n) is 1.06. The summed E-state index contributed by atoms with van der Waals surface area (Å²) in [6, 6.07) is 0. The van der Waals surface area contributed by atoms with E-state index in [0.29, 0.717) is 0 Å². The second-order valence-corrected chi connectivity index (χ2v) is 2.06. The van der Waals surface area contributed by atoms with Crippen LogP contribution in [0.5, 0.6) is 0 Å². The van der Waals surface area contributed by atoms with Gasteiger partial charge in [-0.1, -0.05) is 6.58 Å². The maximum Gasteiger partial charge on any atom is 0.219 e. The molecule has 0 radical (unpaired) electrons. The Bertz CT molecular complexity index is 191. The Morgan fingerprint density at radius 2 is 2.25 bits per heavy atom. The lowest BCUT2D eigenvalue weighted by molar-refractivity contribution is 0.360. The van der Waals surface area contributed by atoms with E-state index in [9.17, 15) is 8.42 Å². The van der Waals surface area contributed by atoms with Gasteiger partial charge in [0.05, 0.1) is 11.5 Å². The first-order chi connectivity index (χ1) is 3.72. The van der Waals surface area contributed by atoms with Crippen molar-refractivity contribution >= 4 is 15.2 Å². The smallest absolute Gasteiger partial charge is 0.219 e. The first-order valence-electron chi connectivity index (χ1n) is 1.90. The van der Waals surface area contributed by atoms with Crippen LogP contribution in [0.4, 0.5) is 0 Å². The monoisotopic (exact) mass is 134 g/mol. The third-order valence-corrected chi connectivity index (χ3v) is 1.32. The van der Waals surface area contributed by atoms with Crippen molar-refractivity contribution in [2.45, 2.75) is 0 Å². The quantitative estimate of drug-likeness (QED) is 0.398. The van der Waals surface area contributed by atoms with E-state index < -0.39 is 16.9 Å². The zero-order valence-corrected chi connectivity index (χ0v) is 4.98. The average Bonchev–Trinajstić information content (AvgIpc) is 1.69.